The molecule has 0 amide bonds. The first-order chi connectivity index (χ1) is 9.31. The van der Waals surface area contributed by atoms with E-state index in [1.54, 1.807) is 12.3 Å². The van der Waals surface area contributed by atoms with Crippen LogP contribution in [-0.2, 0) is 11.3 Å². The summed E-state index contributed by atoms with van der Waals surface area (Å²) in [5.41, 5.74) is 0.861. The molecule has 6 heteroatoms. The van der Waals surface area contributed by atoms with Gasteiger partial charge in [0, 0.05) is 25.0 Å². The maximum Gasteiger partial charge on any atom is 0.268 e. The van der Waals surface area contributed by atoms with Crippen LogP contribution in [0.3, 0.4) is 0 Å². The fraction of sp³-hybridized carbons (Fsp3) is 0.692. The molecular weight excluding hydrogens is 266 g/mol. The highest BCUT2D eigenvalue weighted by atomic mass is 35.5. The topological polar surface area (TPSA) is 47.4 Å². The molecule has 0 N–H and O–H groups in total. The third kappa shape index (κ3) is 4.21. The van der Waals surface area contributed by atoms with Gasteiger partial charge in [-0.15, -0.1) is 11.6 Å². The smallest absolute Gasteiger partial charge is 0.268 e. The summed E-state index contributed by atoms with van der Waals surface area (Å²) in [6.07, 6.45) is 5.43. The fourth-order valence-corrected chi connectivity index (χ4v) is 2.33. The largest absolute Gasteiger partial charge is 0.378 e. The van der Waals surface area contributed by atoms with Gasteiger partial charge in [-0.1, -0.05) is 0 Å². The lowest BCUT2D eigenvalue weighted by Gasteiger charge is -2.28. The van der Waals surface area contributed by atoms with Gasteiger partial charge in [-0.3, -0.25) is 4.79 Å². The second kappa shape index (κ2) is 7.50. The molecule has 106 valence electrons. The molecule has 1 aliphatic heterocycles. The number of ether oxygens (including phenoxy) is 1. The first kappa shape index (κ1) is 14.3. The van der Waals surface area contributed by atoms with Crippen LogP contribution in [0.2, 0.25) is 0 Å². The molecule has 0 radical (unpaired) electrons. The monoisotopic (exact) mass is 285 g/mol. The minimum absolute atomic E-state index is 0.0717. The summed E-state index contributed by atoms with van der Waals surface area (Å²) in [6.45, 7) is 3.47. The zero-order valence-corrected chi connectivity index (χ0v) is 11.8. The summed E-state index contributed by atoms with van der Waals surface area (Å²) in [4.78, 5) is 14.2. The highest BCUT2D eigenvalue weighted by molar-refractivity contribution is 6.17. The number of hydrogen-bond donors (Lipinski definition) is 0. The normalized spacial score (nSPS) is 15.7. The van der Waals surface area contributed by atoms with E-state index in [0.29, 0.717) is 25.6 Å². The molecule has 2 rings (SSSR count). The van der Waals surface area contributed by atoms with Crippen LogP contribution in [0, 0.1) is 0 Å². The zero-order chi connectivity index (χ0) is 13.5. The Morgan fingerprint density at radius 2 is 2.05 bits per heavy atom. The Morgan fingerprint density at radius 1 is 1.26 bits per heavy atom. The van der Waals surface area contributed by atoms with Crippen molar-refractivity contribution in [1.29, 1.82) is 0 Å². The molecule has 1 aliphatic rings. The number of anilines is 1. The summed E-state index contributed by atoms with van der Waals surface area (Å²) in [5.74, 6) is 0.468. The van der Waals surface area contributed by atoms with Crippen LogP contribution in [0.25, 0.3) is 0 Å². The van der Waals surface area contributed by atoms with Gasteiger partial charge in [0.1, 0.15) is 0 Å². The second-order valence-electron chi connectivity index (χ2n) is 4.62. The molecule has 0 atom stereocenters. The molecule has 2 heterocycles. The van der Waals surface area contributed by atoms with Crippen molar-refractivity contribution in [3.05, 3.63) is 22.6 Å². The average Bonchev–Trinajstić information content (AvgIpc) is 2.46. The quantitative estimate of drug-likeness (QED) is 0.587. The van der Waals surface area contributed by atoms with Crippen LogP contribution < -0.4 is 10.5 Å². The van der Waals surface area contributed by atoms with Crippen LogP contribution in [-0.4, -0.2) is 42.0 Å². The Balaban J connectivity index is 1.94. The third-order valence-corrected chi connectivity index (χ3v) is 3.40. The van der Waals surface area contributed by atoms with E-state index in [1.165, 1.54) is 23.9 Å². The minimum atomic E-state index is -0.0717. The fourth-order valence-electron chi connectivity index (χ4n) is 2.22. The molecule has 1 saturated heterocycles. The van der Waals surface area contributed by atoms with Gasteiger partial charge in [-0.25, -0.2) is 4.68 Å². The Labute approximate surface area is 118 Å². The van der Waals surface area contributed by atoms with Gasteiger partial charge in [-0.05, 0) is 19.3 Å². The summed E-state index contributed by atoms with van der Waals surface area (Å²) in [6, 6.07) is 1.67. The van der Waals surface area contributed by atoms with Gasteiger partial charge in [0.25, 0.3) is 5.56 Å². The average molecular weight is 286 g/mol. The summed E-state index contributed by atoms with van der Waals surface area (Å²) in [7, 11) is 0. The van der Waals surface area contributed by atoms with Crippen LogP contribution in [0.4, 0.5) is 5.69 Å². The molecule has 0 bridgehead atoms. The molecule has 1 aromatic heterocycles. The van der Waals surface area contributed by atoms with Crippen LogP contribution in [0.15, 0.2) is 17.1 Å². The standard InChI is InChI=1S/C13H20ClN3O2/c14-4-8-19-9-7-17-13(18)10-12(11-15-17)16-5-2-1-3-6-16/h10-11H,1-9H2. The summed E-state index contributed by atoms with van der Waals surface area (Å²) >= 11 is 5.51. The van der Waals surface area contributed by atoms with Gasteiger partial charge >= 0.3 is 0 Å². The van der Waals surface area contributed by atoms with Crippen molar-refractivity contribution in [2.24, 2.45) is 0 Å². The first-order valence-corrected chi connectivity index (χ1v) is 7.30. The second-order valence-corrected chi connectivity index (χ2v) is 5.00. The SMILES string of the molecule is O=c1cc(N2CCCCC2)cnn1CCOCCCl. The van der Waals surface area contributed by atoms with E-state index in [-0.39, 0.29) is 5.56 Å². The lowest BCUT2D eigenvalue weighted by atomic mass is 10.1. The highest BCUT2D eigenvalue weighted by Gasteiger charge is 2.12. The Bertz CT molecular complexity index is 444. The van der Waals surface area contributed by atoms with E-state index in [4.69, 9.17) is 16.3 Å². The predicted molar refractivity (Wildman–Crippen MR) is 76.1 cm³/mol. The molecule has 1 aromatic rings. The molecule has 0 spiro atoms. The van der Waals surface area contributed by atoms with E-state index in [2.05, 4.69) is 10.00 Å². The van der Waals surface area contributed by atoms with Crippen molar-refractivity contribution in [3.8, 4) is 0 Å². The lowest BCUT2D eigenvalue weighted by Crippen LogP contribution is -2.32. The minimum Gasteiger partial charge on any atom is -0.378 e. The maximum absolute atomic E-state index is 11.9. The van der Waals surface area contributed by atoms with Crippen LogP contribution in [0.5, 0.6) is 0 Å². The Morgan fingerprint density at radius 3 is 2.74 bits per heavy atom. The van der Waals surface area contributed by atoms with Gasteiger partial charge in [0.05, 0.1) is 31.6 Å². The van der Waals surface area contributed by atoms with Gasteiger partial charge in [0.2, 0.25) is 0 Å². The van der Waals surface area contributed by atoms with E-state index in [9.17, 15) is 4.79 Å². The summed E-state index contributed by atoms with van der Waals surface area (Å²) in [5, 5.41) is 4.20. The Kier molecular flexibility index (Phi) is 5.66. The molecule has 0 aliphatic carbocycles. The maximum atomic E-state index is 11.9. The van der Waals surface area contributed by atoms with E-state index >= 15 is 0 Å². The molecule has 0 saturated carbocycles. The third-order valence-electron chi connectivity index (χ3n) is 3.25. The van der Waals surface area contributed by atoms with Gasteiger partial charge in [0.15, 0.2) is 0 Å². The van der Waals surface area contributed by atoms with Crippen molar-refractivity contribution in [2.75, 3.05) is 37.1 Å². The number of rotatable bonds is 6. The first-order valence-electron chi connectivity index (χ1n) is 6.77. The molecule has 1 fully saturated rings. The van der Waals surface area contributed by atoms with Crippen molar-refractivity contribution < 1.29 is 4.74 Å². The van der Waals surface area contributed by atoms with Crippen molar-refractivity contribution in [3.63, 3.8) is 0 Å². The van der Waals surface area contributed by atoms with E-state index in [1.807, 2.05) is 0 Å². The number of halogens is 1. The number of hydrogen-bond acceptors (Lipinski definition) is 4. The number of nitrogens with zero attached hydrogens (tertiary/aromatic N) is 3. The number of alkyl halides is 1. The zero-order valence-electron chi connectivity index (χ0n) is 11.1. The van der Waals surface area contributed by atoms with E-state index in [0.717, 1.165) is 18.8 Å². The summed E-state index contributed by atoms with van der Waals surface area (Å²) < 4.78 is 6.68. The van der Waals surface area contributed by atoms with Crippen molar-refractivity contribution in [2.45, 2.75) is 25.8 Å². The molecule has 0 aromatic carbocycles. The number of piperidine rings is 1. The molecule has 0 unspecified atom stereocenters. The van der Waals surface area contributed by atoms with Gasteiger partial charge in [-0.2, -0.15) is 5.10 Å². The molecular formula is C13H20ClN3O2. The van der Waals surface area contributed by atoms with Crippen LogP contribution >= 0.6 is 11.6 Å². The van der Waals surface area contributed by atoms with Crippen molar-refractivity contribution >= 4 is 17.3 Å². The van der Waals surface area contributed by atoms with Crippen molar-refractivity contribution in [1.82, 2.24) is 9.78 Å². The lowest BCUT2D eigenvalue weighted by molar-refractivity contribution is 0.136. The Hall–Kier alpha value is -1.07. The number of aromatic nitrogens is 2. The predicted octanol–water partition coefficient (Wildman–Crippen LogP) is 1.49. The van der Waals surface area contributed by atoms with Crippen LogP contribution in [0.1, 0.15) is 19.3 Å². The van der Waals surface area contributed by atoms with Gasteiger partial charge < -0.3 is 9.64 Å². The highest BCUT2D eigenvalue weighted by Crippen LogP contribution is 2.16. The molecule has 19 heavy (non-hydrogen) atoms. The molecule has 5 nitrogen and oxygen atoms in total. The van der Waals surface area contributed by atoms with E-state index < -0.39 is 0 Å².